The van der Waals surface area contributed by atoms with Crippen LogP contribution < -0.4 is 84.4 Å². The summed E-state index contributed by atoms with van der Waals surface area (Å²) in [5, 5.41) is 72.1. The molecule has 33 nitrogen and oxygen atoms in total. The van der Waals surface area contributed by atoms with Crippen LogP contribution in [0, 0.1) is 5.92 Å². The Balaban J connectivity index is 0.000000150. The number of H-pyrrole nitrogens is 4. The van der Waals surface area contributed by atoms with Gasteiger partial charge in [-0.15, -0.1) is 0 Å². The second-order valence-corrected chi connectivity index (χ2v) is 36.5. The molecule has 1 aliphatic carbocycles. The predicted molar refractivity (Wildman–Crippen MR) is 560 cm³/mol. The molecule has 12 aromatic rings. The van der Waals surface area contributed by atoms with Gasteiger partial charge in [0.2, 0.25) is 0 Å². The number of piperidine rings is 4. The van der Waals surface area contributed by atoms with Crippen LogP contribution in [0.5, 0.6) is 0 Å². The maximum atomic E-state index is 12.9. The SMILES string of the molecule is CC(O)[C@@H](CO)Nc1cccc(-c2c[nH]c(=O)c(NC(=O)c3ccc(N4CCCCC4)cc3)c2)n1.CCC(C)[C@@H](CO)Nc1cccc(-c2c[nH]c(=O)c(NC(=O)c3ccc(N4CCCCC4)cc3)c2)n1.CC[C@@H](CO)Nc1cccc(-c2c[nH]c(=O)c(NC(=O)c3ccc(N4CCCCC4)cc3)c2)n1.O=C(Nc1cc(-c2cccc(NC3(CO)CCCC3)n2)c[nH]c1=O)c1ccc(N2CCCCC2)cc1. The van der Waals surface area contributed by atoms with Gasteiger partial charge in [-0.3, -0.25) is 38.4 Å². The average Bonchev–Trinajstić information content (AvgIpc) is 1.71. The molecule has 17 N–H and O–H groups in total. The van der Waals surface area contributed by atoms with Gasteiger partial charge in [-0.25, -0.2) is 19.9 Å². The van der Waals surface area contributed by atoms with Crippen molar-refractivity contribution < 1.29 is 44.7 Å². The van der Waals surface area contributed by atoms with E-state index >= 15 is 0 Å². The first-order valence-electron chi connectivity index (χ1n) is 49.2. The maximum absolute atomic E-state index is 12.9. The van der Waals surface area contributed by atoms with Gasteiger partial charge in [0.15, 0.2) is 0 Å². The van der Waals surface area contributed by atoms with Crippen molar-refractivity contribution in [3.05, 3.63) is 283 Å². The summed E-state index contributed by atoms with van der Waals surface area (Å²) >= 11 is 0. The number of aromatic nitrogens is 8. The topological polar surface area (TPSA) is 462 Å². The number of benzene rings is 4. The normalized spacial score (nSPS) is 15.6. The number of nitrogens with one attached hydrogen (secondary N) is 12. The number of carbonyl (C=O) groups excluding carboxylic acids is 4. The molecule has 0 radical (unpaired) electrons. The van der Waals surface area contributed by atoms with E-state index in [2.05, 4.69) is 111 Å². The monoisotopic (exact) mass is 1920 g/mol. The summed E-state index contributed by atoms with van der Waals surface area (Å²) < 4.78 is 0. The zero-order valence-corrected chi connectivity index (χ0v) is 80.5. The summed E-state index contributed by atoms with van der Waals surface area (Å²) in [6, 6.07) is 57.6. The minimum Gasteiger partial charge on any atom is -0.394 e. The number of carbonyl (C=O) groups is 4. The molecule has 141 heavy (non-hydrogen) atoms. The van der Waals surface area contributed by atoms with E-state index in [1.54, 1.807) is 117 Å². The predicted octanol–water partition coefficient (Wildman–Crippen LogP) is 15.6. The van der Waals surface area contributed by atoms with Crippen molar-refractivity contribution in [2.75, 3.05) is 141 Å². The number of hydrogen-bond donors (Lipinski definition) is 17. The van der Waals surface area contributed by atoms with Gasteiger partial charge in [0.25, 0.3) is 45.9 Å². The molecule has 0 bridgehead atoms. The first-order chi connectivity index (χ1) is 68.5. The number of hydrogen-bond acceptors (Lipinski definition) is 25. The lowest BCUT2D eigenvalue weighted by molar-refractivity contribution is 0.101. The Morgan fingerprint density at radius 3 is 0.887 bits per heavy atom. The molecule has 4 saturated heterocycles. The number of amides is 4. The highest BCUT2D eigenvalue weighted by Crippen LogP contribution is 2.35. The molecule has 740 valence electrons. The standard InChI is InChI=1S/C28H33N5O3.C28H35N5O3.C26H31N5O4.C26H31N5O3/c34-19-28(13-2-3-14-28)32-25-8-6-7-23(30-25)21-17-24(27(36)29-18-21)31-26(35)20-9-11-22(12-10-20)33-15-4-1-5-16-33;1-3-19(2)25(18-34)31-26-9-7-8-23(30-26)21-16-24(28(36)29-17-21)32-27(35)20-10-12-22(13-11-20)33-14-5-4-6-15-33;1-17(33)23(16-32)29-24-7-5-6-21(28-24)19-14-22(26(35)27-15-19)30-25(34)18-8-10-20(11-9-18)31-12-3-2-4-13-31;1-2-20(17-32)28-24-8-6-7-22(29-24)19-15-23(26(34)27-16-19)30-25(33)18-9-11-21(12-10-18)31-13-4-3-5-14-31/h6-12,17-18,34H,1-5,13-16,19H2,(H,29,36)(H,30,32)(H,31,35);7-13,16-17,19,25,34H,3-6,14-15,18H2,1-2H3,(H,29,36)(H,30,31)(H,32,35);5-11,14-15,17,23,32-33H,2-4,12-13,16H2,1H3,(H,27,35)(H,28,29)(H,30,34);6-12,15-16,20,32H,2-5,13-14,17H2,1H3,(H,27,34)(H,28,29)(H,30,33)/t;19?,25-;17?,23-;20-/m.110/s1. The molecule has 5 fully saturated rings. The Hall–Kier alpha value is -14.6. The van der Waals surface area contributed by atoms with E-state index in [1.165, 1.54) is 83.2 Å². The second-order valence-electron chi connectivity index (χ2n) is 36.5. The Morgan fingerprint density at radius 2 is 0.624 bits per heavy atom. The quantitative estimate of drug-likeness (QED) is 0.0186. The van der Waals surface area contributed by atoms with E-state index in [0.29, 0.717) is 90.6 Å². The van der Waals surface area contributed by atoms with Gasteiger partial charge in [-0.05, 0) is 279 Å². The van der Waals surface area contributed by atoms with Crippen molar-refractivity contribution in [3.63, 3.8) is 0 Å². The summed E-state index contributed by atoms with van der Waals surface area (Å²) in [5.74, 6) is 1.30. The summed E-state index contributed by atoms with van der Waals surface area (Å²) in [5.41, 5.74) is 10.2. The van der Waals surface area contributed by atoms with Crippen molar-refractivity contribution in [3.8, 4) is 45.0 Å². The van der Waals surface area contributed by atoms with Gasteiger partial charge < -0.3 is 108 Å². The van der Waals surface area contributed by atoms with E-state index < -0.39 is 17.7 Å². The van der Waals surface area contributed by atoms with Crippen molar-refractivity contribution in [2.45, 2.75) is 173 Å². The van der Waals surface area contributed by atoms with Gasteiger partial charge in [-0.2, -0.15) is 0 Å². The lowest BCUT2D eigenvalue weighted by atomic mass is 9.99. The van der Waals surface area contributed by atoms with Gasteiger partial charge >= 0.3 is 0 Å². The zero-order valence-electron chi connectivity index (χ0n) is 80.5. The number of aromatic amines is 4. The molecule has 33 heteroatoms. The number of nitrogens with zero attached hydrogens (tertiary/aromatic N) is 8. The molecule has 4 amide bonds. The smallest absolute Gasteiger partial charge is 0.271 e. The fourth-order valence-corrected chi connectivity index (χ4v) is 17.8. The number of aliphatic hydroxyl groups is 5. The molecule has 4 aliphatic heterocycles. The van der Waals surface area contributed by atoms with Crippen molar-refractivity contribution in [1.29, 1.82) is 0 Å². The van der Waals surface area contributed by atoms with Crippen molar-refractivity contribution >= 4 is 92.4 Å². The number of pyridine rings is 8. The molecule has 0 spiro atoms. The Bertz CT molecular complexity index is 6380. The fourth-order valence-electron chi connectivity index (χ4n) is 17.8. The Kier molecular flexibility index (Phi) is 36.5. The molecule has 12 heterocycles. The molecule has 1 saturated carbocycles. The van der Waals surface area contributed by atoms with E-state index in [0.717, 1.165) is 114 Å². The summed E-state index contributed by atoms with van der Waals surface area (Å²) in [7, 11) is 0. The lowest BCUT2D eigenvalue weighted by Gasteiger charge is -2.28. The summed E-state index contributed by atoms with van der Waals surface area (Å²) in [6.45, 7) is 15.8. The van der Waals surface area contributed by atoms with Crippen LogP contribution in [0.1, 0.15) is 185 Å². The van der Waals surface area contributed by atoms with Crippen LogP contribution in [-0.2, 0) is 0 Å². The van der Waals surface area contributed by atoms with Gasteiger partial charge in [0.1, 0.15) is 46.0 Å². The van der Waals surface area contributed by atoms with Gasteiger partial charge in [-0.1, -0.05) is 64.3 Å². The fraction of sp³-hybridized carbons (Fsp3) is 0.370. The van der Waals surface area contributed by atoms with Gasteiger partial charge in [0, 0.05) is 144 Å². The van der Waals surface area contributed by atoms with Crippen LogP contribution in [0.2, 0.25) is 0 Å². The van der Waals surface area contributed by atoms with Crippen LogP contribution in [-0.4, -0.2) is 198 Å². The minimum absolute atomic E-state index is 0.00869. The average molecular weight is 1920 g/mol. The number of rotatable bonds is 32. The van der Waals surface area contributed by atoms with E-state index in [-0.39, 0.29) is 113 Å². The Labute approximate surface area is 820 Å². The first-order valence-corrected chi connectivity index (χ1v) is 49.2. The van der Waals surface area contributed by atoms with E-state index in [1.807, 2.05) is 110 Å². The van der Waals surface area contributed by atoms with E-state index in [4.69, 9.17) is 4.98 Å². The molecule has 8 aromatic heterocycles. The van der Waals surface area contributed by atoms with Crippen LogP contribution in [0.15, 0.2) is 238 Å². The second kappa shape index (κ2) is 50.3. The van der Waals surface area contributed by atoms with E-state index in [9.17, 15) is 63.9 Å². The summed E-state index contributed by atoms with van der Waals surface area (Å²) in [6.07, 6.45) is 25.7. The molecule has 2 unspecified atom stereocenters. The van der Waals surface area contributed by atoms with Crippen LogP contribution >= 0.6 is 0 Å². The largest absolute Gasteiger partial charge is 0.394 e. The van der Waals surface area contributed by atoms with Crippen LogP contribution in [0.25, 0.3) is 45.0 Å². The highest BCUT2D eigenvalue weighted by atomic mass is 16.3. The molecular formula is C108H130N20O13. The first kappa shape index (κ1) is 102. The van der Waals surface area contributed by atoms with Gasteiger partial charge in [0.05, 0.1) is 79.0 Å². The number of aliphatic hydroxyl groups excluding tert-OH is 5. The van der Waals surface area contributed by atoms with Crippen molar-refractivity contribution in [2.24, 2.45) is 5.92 Å². The molecule has 17 rings (SSSR count). The highest BCUT2D eigenvalue weighted by molar-refractivity contribution is 6.07. The van der Waals surface area contributed by atoms with Crippen LogP contribution in [0.4, 0.5) is 68.8 Å². The molecule has 5 atom stereocenters. The minimum atomic E-state index is -0.769. The molecular weight excluding hydrogens is 1790 g/mol. The third-order valence-electron chi connectivity index (χ3n) is 26.5. The maximum Gasteiger partial charge on any atom is 0.271 e. The third kappa shape index (κ3) is 28.1. The zero-order chi connectivity index (χ0) is 99.2. The Morgan fingerprint density at radius 1 is 0.348 bits per heavy atom. The molecule has 5 aliphatic rings. The van der Waals surface area contributed by atoms with Crippen LogP contribution in [0.3, 0.4) is 0 Å². The highest BCUT2D eigenvalue weighted by Gasteiger charge is 2.34. The van der Waals surface area contributed by atoms with Crippen molar-refractivity contribution in [1.82, 2.24) is 39.9 Å². The number of anilines is 12. The summed E-state index contributed by atoms with van der Waals surface area (Å²) in [4.78, 5) is 140. The third-order valence-corrected chi connectivity index (χ3v) is 26.5. The lowest BCUT2D eigenvalue weighted by Crippen LogP contribution is -2.39. The molecule has 4 aromatic carbocycles.